The molecular formula is C20H23BO5. The van der Waals surface area contributed by atoms with E-state index in [1.807, 2.05) is 58.0 Å². The van der Waals surface area contributed by atoms with Crippen LogP contribution in [0.2, 0.25) is 0 Å². The largest absolute Gasteiger partial charge is 0.499 e. The van der Waals surface area contributed by atoms with Crippen LogP contribution in [0.3, 0.4) is 0 Å². The number of rotatable bonds is 6. The zero-order valence-corrected chi connectivity index (χ0v) is 15.5. The van der Waals surface area contributed by atoms with Crippen LogP contribution in [0.5, 0.6) is 5.75 Å². The Morgan fingerprint density at radius 1 is 0.962 bits per heavy atom. The molecule has 6 heteroatoms. The minimum Gasteiger partial charge on any atom is -0.399 e. The summed E-state index contributed by atoms with van der Waals surface area (Å²) in [5.74, 6) is 0.407. The smallest absolute Gasteiger partial charge is 0.399 e. The van der Waals surface area contributed by atoms with E-state index in [4.69, 9.17) is 19.1 Å². The molecule has 0 saturated carbocycles. The summed E-state index contributed by atoms with van der Waals surface area (Å²) in [4.78, 5) is 22.4. The Hall–Kier alpha value is -2.15. The highest BCUT2D eigenvalue weighted by molar-refractivity contribution is 6.64. The van der Waals surface area contributed by atoms with Gasteiger partial charge in [0.2, 0.25) is 0 Å². The first-order valence-electron chi connectivity index (χ1n) is 8.61. The normalized spacial score (nSPS) is 17.9. The summed E-state index contributed by atoms with van der Waals surface area (Å²) in [7, 11) is -0.711. The standard InChI is InChI=1S/C20H23BO5/c1-19(2)20(3,4)26-21(25-19)18-16(13-22)11-8-12-17(18)24-23-14-15-9-6-5-7-10-15/h5-13H,14H2,1-4H3. The van der Waals surface area contributed by atoms with Crippen molar-refractivity contribution in [1.29, 1.82) is 0 Å². The van der Waals surface area contributed by atoms with Crippen molar-refractivity contribution in [2.75, 3.05) is 0 Å². The SMILES string of the molecule is CC1(C)OB(c2c(C=O)cccc2OOCc2ccccc2)OC1(C)C. The lowest BCUT2D eigenvalue weighted by Gasteiger charge is -2.32. The van der Waals surface area contributed by atoms with Gasteiger partial charge in [0.1, 0.15) is 12.9 Å². The van der Waals surface area contributed by atoms with E-state index < -0.39 is 18.3 Å². The van der Waals surface area contributed by atoms with E-state index in [0.29, 0.717) is 16.8 Å². The first-order chi connectivity index (χ1) is 12.3. The Kier molecular flexibility index (Phi) is 5.18. The first-order valence-corrected chi connectivity index (χ1v) is 8.61. The molecule has 1 fully saturated rings. The molecule has 0 bridgehead atoms. The zero-order chi connectivity index (χ0) is 18.8. The maximum atomic E-state index is 11.5. The molecule has 0 aliphatic carbocycles. The highest BCUT2D eigenvalue weighted by Gasteiger charge is 2.53. The lowest BCUT2D eigenvalue weighted by molar-refractivity contribution is -0.216. The van der Waals surface area contributed by atoms with Gasteiger partial charge in [-0.1, -0.05) is 42.5 Å². The molecule has 1 aliphatic heterocycles. The first kappa shape index (κ1) is 18.6. The van der Waals surface area contributed by atoms with E-state index in [0.717, 1.165) is 11.8 Å². The van der Waals surface area contributed by atoms with E-state index >= 15 is 0 Å². The molecule has 0 spiro atoms. The van der Waals surface area contributed by atoms with Crippen molar-refractivity contribution in [2.24, 2.45) is 0 Å². The molecule has 3 rings (SSSR count). The molecule has 0 atom stereocenters. The van der Waals surface area contributed by atoms with Crippen molar-refractivity contribution in [3.05, 3.63) is 59.7 Å². The third-order valence-corrected chi connectivity index (χ3v) is 4.93. The summed E-state index contributed by atoms with van der Waals surface area (Å²) >= 11 is 0. The highest BCUT2D eigenvalue weighted by Crippen LogP contribution is 2.37. The molecule has 1 heterocycles. The fraction of sp³-hybridized carbons (Fsp3) is 0.350. The number of carbonyl (C=O) groups is 1. The average molecular weight is 354 g/mol. The summed E-state index contributed by atoms with van der Waals surface area (Å²) in [6, 6.07) is 14.9. The molecule has 0 N–H and O–H groups in total. The molecule has 26 heavy (non-hydrogen) atoms. The van der Waals surface area contributed by atoms with E-state index in [-0.39, 0.29) is 6.61 Å². The molecule has 2 aromatic rings. The predicted molar refractivity (Wildman–Crippen MR) is 99.4 cm³/mol. The number of aldehydes is 1. The van der Waals surface area contributed by atoms with Gasteiger partial charge in [0.15, 0.2) is 5.75 Å². The van der Waals surface area contributed by atoms with E-state index in [2.05, 4.69) is 0 Å². The van der Waals surface area contributed by atoms with Crippen LogP contribution in [-0.2, 0) is 20.8 Å². The van der Waals surface area contributed by atoms with Crippen LogP contribution in [0.25, 0.3) is 0 Å². The second kappa shape index (κ2) is 7.23. The van der Waals surface area contributed by atoms with Crippen molar-refractivity contribution in [2.45, 2.75) is 45.5 Å². The minimum absolute atomic E-state index is 0.287. The zero-order valence-electron chi connectivity index (χ0n) is 15.5. The maximum absolute atomic E-state index is 11.5. The van der Waals surface area contributed by atoms with Crippen LogP contribution >= 0.6 is 0 Å². The highest BCUT2D eigenvalue weighted by atomic mass is 17.2. The Morgan fingerprint density at radius 2 is 1.62 bits per heavy atom. The fourth-order valence-electron chi connectivity index (χ4n) is 2.68. The van der Waals surface area contributed by atoms with Crippen molar-refractivity contribution < 1.29 is 23.9 Å². The van der Waals surface area contributed by atoms with Crippen LogP contribution in [0, 0.1) is 0 Å². The van der Waals surface area contributed by atoms with Gasteiger partial charge in [-0.15, -0.1) is 0 Å². The van der Waals surface area contributed by atoms with Crippen molar-refractivity contribution >= 4 is 18.9 Å². The monoisotopic (exact) mass is 354 g/mol. The summed E-state index contributed by atoms with van der Waals surface area (Å²) in [6.45, 7) is 8.13. The second-order valence-electron chi connectivity index (χ2n) is 7.30. The van der Waals surface area contributed by atoms with Gasteiger partial charge in [0.25, 0.3) is 0 Å². The molecule has 1 aliphatic rings. The van der Waals surface area contributed by atoms with Gasteiger partial charge in [0, 0.05) is 11.0 Å². The van der Waals surface area contributed by atoms with Gasteiger partial charge in [-0.05, 0) is 39.3 Å². The van der Waals surface area contributed by atoms with E-state index in [9.17, 15) is 4.79 Å². The maximum Gasteiger partial charge on any atom is 0.499 e. The lowest BCUT2D eigenvalue weighted by atomic mass is 9.75. The Bertz CT molecular complexity index is 757. The van der Waals surface area contributed by atoms with Gasteiger partial charge in [-0.25, -0.2) is 0 Å². The van der Waals surface area contributed by atoms with E-state index in [1.165, 1.54) is 0 Å². The lowest BCUT2D eigenvalue weighted by Crippen LogP contribution is -2.41. The summed E-state index contributed by atoms with van der Waals surface area (Å²) in [6.07, 6.45) is 0.768. The summed E-state index contributed by atoms with van der Waals surface area (Å²) in [5, 5.41) is 0. The number of hydrogen-bond acceptors (Lipinski definition) is 5. The van der Waals surface area contributed by atoms with Gasteiger partial charge in [-0.2, -0.15) is 4.89 Å². The van der Waals surface area contributed by atoms with Gasteiger partial charge in [0.05, 0.1) is 11.2 Å². The van der Waals surface area contributed by atoms with Crippen molar-refractivity contribution in [1.82, 2.24) is 0 Å². The molecule has 136 valence electrons. The Morgan fingerprint density at radius 3 is 2.23 bits per heavy atom. The molecule has 0 radical (unpaired) electrons. The fourth-order valence-corrected chi connectivity index (χ4v) is 2.68. The average Bonchev–Trinajstić information content (AvgIpc) is 2.83. The van der Waals surface area contributed by atoms with Crippen LogP contribution in [0.1, 0.15) is 43.6 Å². The molecule has 5 nitrogen and oxygen atoms in total. The van der Waals surface area contributed by atoms with Gasteiger partial charge < -0.3 is 14.2 Å². The third-order valence-electron chi connectivity index (χ3n) is 4.93. The minimum atomic E-state index is -0.711. The molecule has 0 unspecified atom stereocenters. The van der Waals surface area contributed by atoms with Gasteiger partial charge in [-0.3, -0.25) is 4.79 Å². The van der Waals surface area contributed by atoms with Crippen LogP contribution in [-0.4, -0.2) is 24.6 Å². The number of benzene rings is 2. The molecule has 0 amide bonds. The van der Waals surface area contributed by atoms with Crippen molar-refractivity contribution in [3.8, 4) is 5.75 Å². The van der Waals surface area contributed by atoms with Crippen LogP contribution < -0.4 is 10.4 Å². The van der Waals surface area contributed by atoms with Gasteiger partial charge >= 0.3 is 7.12 Å². The van der Waals surface area contributed by atoms with E-state index in [1.54, 1.807) is 18.2 Å². The van der Waals surface area contributed by atoms with Crippen molar-refractivity contribution in [3.63, 3.8) is 0 Å². The summed E-state index contributed by atoms with van der Waals surface area (Å²) < 4.78 is 12.2. The molecular weight excluding hydrogens is 331 g/mol. The second-order valence-corrected chi connectivity index (χ2v) is 7.30. The third kappa shape index (κ3) is 3.68. The molecule has 0 aromatic heterocycles. The number of hydrogen-bond donors (Lipinski definition) is 0. The van der Waals surface area contributed by atoms with Crippen LogP contribution in [0.15, 0.2) is 48.5 Å². The van der Waals surface area contributed by atoms with Crippen LogP contribution in [0.4, 0.5) is 0 Å². The number of carbonyl (C=O) groups excluding carboxylic acids is 1. The predicted octanol–water partition coefficient (Wildman–Crippen LogP) is 3.31. The molecule has 2 aromatic carbocycles. The quantitative estimate of drug-likeness (QED) is 0.345. The summed E-state index contributed by atoms with van der Waals surface area (Å²) in [5.41, 5.74) is 0.931. The Labute approximate surface area is 154 Å². The Balaban J connectivity index is 1.82. The molecule has 1 saturated heterocycles. The topological polar surface area (TPSA) is 54.0 Å².